The highest BCUT2D eigenvalue weighted by Crippen LogP contribution is 2.27. The average molecular weight is 347 g/mol. The Balaban J connectivity index is 2.02. The fourth-order valence-corrected chi connectivity index (χ4v) is 4.97. The molecule has 0 fully saturated rings. The SMILES string of the molecule is [2H]C(C)(c1ccccc1)c1cccc(-c2cc(C)c([Si](C)(C)C)cn2)c1. The maximum atomic E-state index is 8.91. The van der Waals surface area contributed by atoms with E-state index in [1.54, 1.807) is 0 Å². The van der Waals surface area contributed by atoms with Crippen molar-refractivity contribution in [3.05, 3.63) is 83.6 Å². The lowest BCUT2D eigenvalue weighted by molar-refractivity contribution is 0.923. The van der Waals surface area contributed by atoms with E-state index in [-0.39, 0.29) is 0 Å². The van der Waals surface area contributed by atoms with Gasteiger partial charge >= 0.3 is 0 Å². The number of aryl methyl sites for hydroxylation is 1. The van der Waals surface area contributed by atoms with Crippen molar-refractivity contribution in [2.24, 2.45) is 0 Å². The third kappa shape index (κ3) is 3.90. The quantitative estimate of drug-likeness (QED) is 0.548. The molecule has 0 radical (unpaired) electrons. The molecule has 0 spiro atoms. The van der Waals surface area contributed by atoms with E-state index in [1.807, 2.05) is 49.4 Å². The lowest BCUT2D eigenvalue weighted by atomic mass is 9.91. The monoisotopic (exact) mass is 346 g/mol. The van der Waals surface area contributed by atoms with Gasteiger partial charge in [0.1, 0.15) is 0 Å². The van der Waals surface area contributed by atoms with Gasteiger partial charge in [0.2, 0.25) is 0 Å². The second-order valence-corrected chi connectivity index (χ2v) is 12.7. The molecule has 2 aromatic carbocycles. The van der Waals surface area contributed by atoms with Crippen LogP contribution in [0.25, 0.3) is 11.3 Å². The third-order valence-electron chi connectivity index (χ3n) is 4.72. The summed E-state index contributed by atoms with van der Waals surface area (Å²) in [5, 5.41) is 1.41. The molecule has 0 amide bonds. The Morgan fingerprint density at radius 2 is 1.60 bits per heavy atom. The molecular formula is C23H27NSi. The number of pyridine rings is 1. The summed E-state index contributed by atoms with van der Waals surface area (Å²) in [7, 11) is -1.38. The summed E-state index contributed by atoms with van der Waals surface area (Å²) in [6.45, 7) is 11.2. The van der Waals surface area contributed by atoms with E-state index in [4.69, 9.17) is 6.35 Å². The van der Waals surface area contributed by atoms with Gasteiger partial charge in [-0.1, -0.05) is 75.1 Å². The largest absolute Gasteiger partial charge is 0.256 e. The summed E-state index contributed by atoms with van der Waals surface area (Å²) in [4.78, 5) is 4.75. The zero-order valence-corrected chi connectivity index (χ0v) is 16.8. The molecule has 2 heteroatoms. The number of hydrogen-bond donors (Lipinski definition) is 0. The van der Waals surface area contributed by atoms with Crippen LogP contribution in [0.15, 0.2) is 66.9 Å². The van der Waals surface area contributed by atoms with E-state index < -0.39 is 14.0 Å². The number of rotatable bonds is 4. The second-order valence-electron chi connectivity index (χ2n) is 7.71. The van der Waals surface area contributed by atoms with Crippen LogP contribution >= 0.6 is 0 Å². The zero-order chi connectivity index (χ0) is 18.9. The molecule has 1 heterocycles. The minimum absolute atomic E-state index is 0.787. The van der Waals surface area contributed by atoms with Gasteiger partial charge in [-0.15, -0.1) is 0 Å². The molecular weight excluding hydrogens is 318 g/mol. The van der Waals surface area contributed by atoms with Crippen LogP contribution in [-0.4, -0.2) is 13.1 Å². The van der Waals surface area contributed by atoms with Gasteiger partial charge in [0.25, 0.3) is 0 Å². The molecule has 0 aliphatic rings. The molecule has 0 N–H and O–H groups in total. The summed E-state index contributed by atoms with van der Waals surface area (Å²) >= 11 is 0. The van der Waals surface area contributed by atoms with Crippen molar-refractivity contribution >= 4 is 13.3 Å². The van der Waals surface area contributed by atoms with Crippen molar-refractivity contribution in [3.63, 3.8) is 0 Å². The highest BCUT2D eigenvalue weighted by Gasteiger charge is 2.19. The van der Waals surface area contributed by atoms with Crippen LogP contribution in [0.1, 0.15) is 30.9 Å². The van der Waals surface area contributed by atoms with E-state index >= 15 is 0 Å². The molecule has 1 aromatic heterocycles. The van der Waals surface area contributed by atoms with Gasteiger partial charge in [-0.3, -0.25) is 4.98 Å². The van der Waals surface area contributed by atoms with Crippen LogP contribution in [0.5, 0.6) is 0 Å². The Morgan fingerprint density at radius 3 is 2.24 bits per heavy atom. The average Bonchev–Trinajstić information content (AvgIpc) is 2.61. The number of hydrogen-bond acceptors (Lipinski definition) is 1. The van der Waals surface area contributed by atoms with Gasteiger partial charge in [0.05, 0.1) is 13.8 Å². The van der Waals surface area contributed by atoms with Gasteiger partial charge in [-0.2, -0.15) is 0 Å². The summed E-state index contributed by atoms with van der Waals surface area (Å²) in [5.74, 6) is -0.787. The van der Waals surface area contributed by atoms with Crippen molar-refractivity contribution in [1.29, 1.82) is 0 Å². The van der Waals surface area contributed by atoms with Crippen molar-refractivity contribution < 1.29 is 1.37 Å². The standard InChI is InChI=1S/C23H27NSi/c1-17-14-22(24-16-23(17)25(3,4)5)21-13-9-12-20(15-21)18(2)19-10-7-6-8-11-19/h6-16,18H,1-5H3/i18D. The minimum Gasteiger partial charge on any atom is -0.256 e. The lowest BCUT2D eigenvalue weighted by Crippen LogP contribution is -2.39. The molecule has 1 atom stereocenters. The van der Waals surface area contributed by atoms with Crippen molar-refractivity contribution in [2.45, 2.75) is 39.4 Å². The Morgan fingerprint density at radius 1 is 0.920 bits per heavy atom. The van der Waals surface area contributed by atoms with E-state index in [0.29, 0.717) is 0 Å². The molecule has 25 heavy (non-hydrogen) atoms. The van der Waals surface area contributed by atoms with Gasteiger partial charge in [0, 0.05) is 19.0 Å². The van der Waals surface area contributed by atoms with Crippen LogP contribution in [0.2, 0.25) is 19.6 Å². The first-order valence-corrected chi connectivity index (χ1v) is 12.3. The zero-order valence-electron chi connectivity index (χ0n) is 16.8. The number of aromatic nitrogens is 1. The highest BCUT2D eigenvalue weighted by atomic mass is 28.3. The van der Waals surface area contributed by atoms with Gasteiger partial charge < -0.3 is 0 Å². The van der Waals surface area contributed by atoms with Crippen LogP contribution in [0, 0.1) is 6.92 Å². The summed E-state index contributed by atoms with van der Waals surface area (Å²) in [6, 6.07) is 20.5. The number of nitrogens with zero attached hydrogens (tertiary/aromatic N) is 1. The minimum atomic E-state index is -1.38. The van der Waals surface area contributed by atoms with E-state index in [9.17, 15) is 0 Å². The van der Waals surface area contributed by atoms with Crippen LogP contribution < -0.4 is 5.19 Å². The van der Waals surface area contributed by atoms with E-state index in [2.05, 4.69) is 51.0 Å². The predicted molar refractivity (Wildman–Crippen MR) is 111 cm³/mol. The van der Waals surface area contributed by atoms with Crippen molar-refractivity contribution in [2.75, 3.05) is 0 Å². The van der Waals surface area contributed by atoms with Crippen molar-refractivity contribution in [3.8, 4) is 11.3 Å². The topological polar surface area (TPSA) is 12.9 Å². The predicted octanol–water partition coefficient (Wildman–Crippen LogP) is 5.75. The molecule has 0 aliphatic heterocycles. The fraction of sp³-hybridized carbons (Fsp3) is 0.261. The molecule has 3 rings (SSSR count). The summed E-state index contributed by atoms with van der Waals surface area (Å²) in [6.07, 6.45) is 2.06. The molecule has 0 saturated carbocycles. The Hall–Kier alpha value is -2.19. The Bertz CT molecular complexity index is 911. The molecule has 0 saturated heterocycles. The molecule has 0 aliphatic carbocycles. The van der Waals surface area contributed by atoms with E-state index in [1.165, 1.54) is 10.8 Å². The molecule has 1 unspecified atom stereocenters. The van der Waals surface area contributed by atoms with Gasteiger partial charge in [-0.05, 0) is 40.9 Å². The lowest BCUT2D eigenvalue weighted by Gasteiger charge is -2.19. The first-order valence-electron chi connectivity index (χ1n) is 9.33. The molecule has 3 aromatic rings. The molecule has 0 bridgehead atoms. The highest BCUT2D eigenvalue weighted by molar-refractivity contribution is 6.89. The van der Waals surface area contributed by atoms with E-state index in [0.717, 1.165) is 22.4 Å². The fourth-order valence-electron chi connectivity index (χ4n) is 3.27. The summed E-state index contributed by atoms with van der Waals surface area (Å²) in [5.41, 5.74) is 5.35. The third-order valence-corrected chi connectivity index (χ3v) is 6.86. The van der Waals surface area contributed by atoms with Crippen LogP contribution in [0.3, 0.4) is 0 Å². The first kappa shape index (κ1) is 16.3. The Kier molecular flexibility index (Phi) is 4.54. The maximum absolute atomic E-state index is 8.91. The van der Waals surface area contributed by atoms with Crippen molar-refractivity contribution in [1.82, 2.24) is 4.98 Å². The smallest absolute Gasteiger partial charge is 0.0799 e. The normalized spacial score (nSPS) is 14.7. The van der Waals surface area contributed by atoms with Gasteiger partial charge in [0.15, 0.2) is 0 Å². The maximum Gasteiger partial charge on any atom is 0.0799 e. The molecule has 128 valence electrons. The number of benzene rings is 2. The Labute approximate surface area is 154 Å². The first-order chi connectivity index (χ1) is 12.2. The van der Waals surface area contributed by atoms with Crippen LogP contribution in [-0.2, 0) is 0 Å². The molecule has 1 nitrogen and oxygen atoms in total. The van der Waals surface area contributed by atoms with Gasteiger partial charge in [-0.25, -0.2) is 0 Å². The van der Waals surface area contributed by atoms with Crippen LogP contribution in [0.4, 0.5) is 0 Å². The second kappa shape index (κ2) is 6.97. The summed E-state index contributed by atoms with van der Waals surface area (Å²) < 4.78 is 8.91.